The Morgan fingerprint density at radius 2 is 1.97 bits per heavy atom. The van der Waals surface area contributed by atoms with Gasteiger partial charge in [-0.25, -0.2) is 0 Å². The third kappa shape index (κ3) is 3.88. The average molecular weight is 456 g/mol. The number of nitrogens with zero attached hydrogens (tertiary/aromatic N) is 3. The molecule has 1 atom stereocenters. The molecule has 9 heteroatoms. The van der Waals surface area contributed by atoms with Gasteiger partial charge in [-0.3, -0.25) is 4.79 Å². The molecule has 0 radical (unpaired) electrons. The van der Waals surface area contributed by atoms with Gasteiger partial charge in [-0.15, -0.1) is 10.2 Å². The van der Waals surface area contributed by atoms with Gasteiger partial charge in [0.2, 0.25) is 0 Å². The molecular weight excluding hydrogens is 437 g/mol. The number of aromatic amines is 1. The van der Waals surface area contributed by atoms with E-state index >= 15 is 0 Å². The van der Waals surface area contributed by atoms with Crippen LogP contribution in [0.4, 0.5) is 13.2 Å². The van der Waals surface area contributed by atoms with Gasteiger partial charge < -0.3 is 9.88 Å². The Labute approximate surface area is 185 Å². The van der Waals surface area contributed by atoms with Gasteiger partial charge in [0.25, 0.3) is 5.91 Å². The van der Waals surface area contributed by atoms with E-state index in [2.05, 4.69) is 15.2 Å². The summed E-state index contributed by atoms with van der Waals surface area (Å²) in [4.78, 5) is 18.0. The fourth-order valence-electron chi connectivity index (χ4n) is 4.15. The highest BCUT2D eigenvalue weighted by Gasteiger charge is 2.35. The van der Waals surface area contributed by atoms with E-state index in [-0.39, 0.29) is 22.4 Å². The lowest BCUT2D eigenvalue weighted by molar-refractivity contribution is -0.137. The Morgan fingerprint density at radius 1 is 1.12 bits per heavy atom. The van der Waals surface area contributed by atoms with Crippen molar-refractivity contribution in [3.63, 3.8) is 0 Å². The SMILES string of the molecule is O=C(c1ccc2cc[nH]c2c1)N1CCCC(c2nnc(-c3ccccc3C(F)(F)F)s2)C1. The zero-order chi connectivity index (χ0) is 22.3. The van der Waals surface area contributed by atoms with Crippen molar-refractivity contribution in [3.8, 4) is 10.6 Å². The molecule has 0 bridgehead atoms. The molecular formula is C23H19F3N4OS. The Morgan fingerprint density at radius 3 is 2.81 bits per heavy atom. The van der Waals surface area contributed by atoms with Gasteiger partial charge >= 0.3 is 6.18 Å². The first-order valence-corrected chi connectivity index (χ1v) is 11.1. The number of H-pyrrole nitrogens is 1. The fourth-order valence-corrected chi connectivity index (χ4v) is 5.16. The molecule has 1 fully saturated rings. The largest absolute Gasteiger partial charge is 0.417 e. The first-order valence-electron chi connectivity index (χ1n) is 10.3. The minimum Gasteiger partial charge on any atom is -0.361 e. The quantitative estimate of drug-likeness (QED) is 0.429. The lowest BCUT2D eigenvalue weighted by Gasteiger charge is -2.31. The van der Waals surface area contributed by atoms with Crippen LogP contribution in [0.3, 0.4) is 0 Å². The predicted molar refractivity (Wildman–Crippen MR) is 117 cm³/mol. The summed E-state index contributed by atoms with van der Waals surface area (Å²) in [5.74, 6) is -0.107. The van der Waals surface area contributed by atoms with E-state index < -0.39 is 11.7 Å². The van der Waals surface area contributed by atoms with E-state index in [1.54, 1.807) is 11.0 Å². The van der Waals surface area contributed by atoms with Gasteiger partial charge in [-0.2, -0.15) is 13.2 Å². The second kappa shape index (κ2) is 8.05. The molecule has 3 heterocycles. The van der Waals surface area contributed by atoms with Crippen molar-refractivity contribution in [2.24, 2.45) is 0 Å². The molecule has 1 N–H and O–H groups in total. The van der Waals surface area contributed by atoms with Crippen LogP contribution in [0.15, 0.2) is 54.7 Å². The van der Waals surface area contributed by atoms with Gasteiger partial charge in [0.15, 0.2) is 0 Å². The lowest BCUT2D eigenvalue weighted by Crippen LogP contribution is -2.39. The van der Waals surface area contributed by atoms with E-state index in [1.165, 1.54) is 23.5 Å². The molecule has 1 saturated heterocycles. The molecule has 32 heavy (non-hydrogen) atoms. The first kappa shape index (κ1) is 20.7. The monoisotopic (exact) mass is 456 g/mol. The van der Waals surface area contributed by atoms with Gasteiger partial charge in [0.1, 0.15) is 10.0 Å². The van der Waals surface area contributed by atoms with E-state index in [0.29, 0.717) is 23.7 Å². The zero-order valence-electron chi connectivity index (χ0n) is 16.9. The molecule has 2 aromatic heterocycles. The highest BCUT2D eigenvalue weighted by molar-refractivity contribution is 7.14. The Bertz CT molecular complexity index is 1280. The number of fused-ring (bicyclic) bond motifs is 1. The number of carbonyl (C=O) groups is 1. The topological polar surface area (TPSA) is 61.9 Å². The summed E-state index contributed by atoms with van der Waals surface area (Å²) < 4.78 is 40.2. The number of alkyl halides is 3. The molecule has 1 unspecified atom stereocenters. The van der Waals surface area contributed by atoms with Crippen molar-refractivity contribution >= 4 is 28.1 Å². The smallest absolute Gasteiger partial charge is 0.361 e. The molecule has 0 saturated carbocycles. The Hall–Kier alpha value is -3.20. The zero-order valence-corrected chi connectivity index (χ0v) is 17.7. The number of rotatable bonds is 3. The average Bonchev–Trinajstić information content (AvgIpc) is 3.47. The highest BCUT2D eigenvalue weighted by atomic mass is 32.1. The number of halogens is 3. The number of carbonyl (C=O) groups excluding carboxylic acids is 1. The van der Waals surface area contributed by atoms with Crippen molar-refractivity contribution in [2.75, 3.05) is 13.1 Å². The maximum Gasteiger partial charge on any atom is 0.417 e. The molecule has 4 aromatic rings. The van der Waals surface area contributed by atoms with Crippen LogP contribution in [-0.2, 0) is 6.18 Å². The van der Waals surface area contributed by atoms with Crippen LogP contribution in [-0.4, -0.2) is 39.1 Å². The number of amides is 1. The summed E-state index contributed by atoms with van der Waals surface area (Å²) in [5.41, 5.74) is 0.828. The van der Waals surface area contributed by atoms with Crippen molar-refractivity contribution in [1.82, 2.24) is 20.1 Å². The Balaban J connectivity index is 1.37. The molecule has 5 nitrogen and oxygen atoms in total. The lowest BCUT2D eigenvalue weighted by atomic mass is 9.98. The summed E-state index contributed by atoms with van der Waals surface area (Å²) >= 11 is 1.17. The fraction of sp³-hybridized carbons (Fsp3) is 0.261. The Kier molecular flexibility index (Phi) is 5.21. The van der Waals surface area contributed by atoms with Crippen LogP contribution in [0.2, 0.25) is 0 Å². The van der Waals surface area contributed by atoms with Gasteiger partial charge in [0, 0.05) is 41.8 Å². The number of aromatic nitrogens is 3. The van der Waals surface area contributed by atoms with Crippen LogP contribution in [0.1, 0.15) is 39.7 Å². The van der Waals surface area contributed by atoms with E-state index in [9.17, 15) is 18.0 Å². The van der Waals surface area contributed by atoms with Crippen molar-refractivity contribution < 1.29 is 18.0 Å². The van der Waals surface area contributed by atoms with Gasteiger partial charge in [0.05, 0.1) is 5.56 Å². The number of benzene rings is 2. The first-order chi connectivity index (χ1) is 15.4. The second-order valence-electron chi connectivity index (χ2n) is 7.86. The van der Waals surface area contributed by atoms with E-state index in [1.807, 2.05) is 30.5 Å². The van der Waals surface area contributed by atoms with Gasteiger partial charge in [-0.05, 0) is 42.5 Å². The van der Waals surface area contributed by atoms with Crippen LogP contribution in [0.5, 0.6) is 0 Å². The summed E-state index contributed by atoms with van der Waals surface area (Å²) in [5, 5.41) is 10.2. The normalized spacial score (nSPS) is 17.1. The highest BCUT2D eigenvalue weighted by Crippen LogP contribution is 2.39. The van der Waals surface area contributed by atoms with E-state index in [0.717, 1.165) is 29.8 Å². The summed E-state index contributed by atoms with van der Waals surface area (Å²) in [7, 11) is 0. The third-order valence-electron chi connectivity index (χ3n) is 5.76. The molecule has 1 aliphatic heterocycles. The van der Waals surface area contributed by atoms with Crippen LogP contribution in [0.25, 0.3) is 21.5 Å². The van der Waals surface area contributed by atoms with Gasteiger partial charge in [-0.1, -0.05) is 35.6 Å². The molecule has 5 rings (SSSR count). The second-order valence-corrected chi connectivity index (χ2v) is 8.87. The molecule has 1 amide bonds. The maximum atomic E-state index is 13.4. The number of likely N-dealkylation sites (tertiary alicyclic amines) is 1. The maximum absolute atomic E-state index is 13.4. The number of hydrogen-bond donors (Lipinski definition) is 1. The molecule has 2 aromatic carbocycles. The van der Waals surface area contributed by atoms with Crippen LogP contribution < -0.4 is 0 Å². The predicted octanol–water partition coefficient (Wildman–Crippen LogP) is 5.73. The minimum atomic E-state index is -4.46. The molecule has 0 aliphatic carbocycles. The van der Waals surface area contributed by atoms with Crippen LogP contribution in [0, 0.1) is 0 Å². The number of piperidine rings is 1. The number of hydrogen-bond acceptors (Lipinski definition) is 4. The number of nitrogens with one attached hydrogen (secondary N) is 1. The summed E-state index contributed by atoms with van der Waals surface area (Å²) in [6.07, 6.45) is -1.01. The minimum absolute atomic E-state index is 0.0340. The van der Waals surface area contributed by atoms with E-state index in [4.69, 9.17) is 0 Å². The standard InChI is InChI=1S/C23H19F3N4OS/c24-23(25,26)18-6-2-1-5-17(18)21-29-28-20(32-21)16-4-3-11-30(13-16)22(31)15-8-7-14-9-10-27-19(14)12-15/h1-2,5-10,12,16,27H,3-4,11,13H2. The molecule has 1 aliphatic rings. The summed E-state index contributed by atoms with van der Waals surface area (Å²) in [6.45, 7) is 1.11. The van der Waals surface area contributed by atoms with Crippen molar-refractivity contribution in [2.45, 2.75) is 24.9 Å². The van der Waals surface area contributed by atoms with Crippen molar-refractivity contribution in [1.29, 1.82) is 0 Å². The molecule has 164 valence electrons. The van der Waals surface area contributed by atoms with Crippen molar-refractivity contribution in [3.05, 3.63) is 70.9 Å². The molecule has 0 spiro atoms. The van der Waals surface area contributed by atoms with Crippen LogP contribution >= 0.6 is 11.3 Å². The third-order valence-corrected chi connectivity index (χ3v) is 6.88. The summed E-state index contributed by atoms with van der Waals surface area (Å²) in [6, 6.07) is 12.9.